The van der Waals surface area contributed by atoms with Gasteiger partial charge in [0.15, 0.2) is 0 Å². The van der Waals surface area contributed by atoms with Crippen molar-refractivity contribution in [2.24, 2.45) is 0 Å². The van der Waals surface area contributed by atoms with Crippen LogP contribution in [0.2, 0.25) is 10.0 Å². The van der Waals surface area contributed by atoms with Crippen LogP contribution in [0.3, 0.4) is 0 Å². The minimum absolute atomic E-state index is 0.0935. The molecule has 2 rings (SSSR count). The number of para-hydroxylation sites is 1. The molecular weight excluding hydrogens is 465 g/mol. The maximum Gasteiger partial charge on any atom is 0.263 e. The van der Waals surface area contributed by atoms with Gasteiger partial charge in [-0.25, -0.2) is 8.42 Å². The molecule has 2 aromatic rings. The Labute approximate surface area is 150 Å². The molecule has 0 fully saturated rings. The number of benzene rings is 2. The molecule has 0 heterocycles. The zero-order valence-corrected chi connectivity index (χ0v) is 16.1. The number of sulfonamides is 1. The zero-order chi connectivity index (χ0) is 15.8. The average molecular weight is 474 g/mol. The lowest BCUT2D eigenvalue weighted by Gasteiger charge is -2.13. The molecule has 0 radical (unpaired) electrons. The van der Waals surface area contributed by atoms with Gasteiger partial charge in [-0.3, -0.25) is 4.72 Å². The summed E-state index contributed by atoms with van der Waals surface area (Å²) in [5.41, 5.74) is 1.07. The summed E-state index contributed by atoms with van der Waals surface area (Å²) < 4.78 is 28.6. The largest absolute Gasteiger partial charge is 0.277 e. The summed E-state index contributed by atoms with van der Waals surface area (Å²) in [4.78, 5) is 0.0935. The minimum atomic E-state index is -3.82. The first-order valence-electron chi connectivity index (χ1n) is 5.65. The zero-order valence-electron chi connectivity index (χ0n) is 10.6. The van der Waals surface area contributed by atoms with Crippen LogP contribution in [-0.2, 0) is 10.0 Å². The van der Waals surface area contributed by atoms with Crippen molar-refractivity contribution in [1.29, 1.82) is 0 Å². The fourth-order valence-corrected chi connectivity index (χ4v) is 5.00. The number of hydrogen-bond acceptors (Lipinski definition) is 2. The van der Waals surface area contributed by atoms with Crippen LogP contribution < -0.4 is 4.72 Å². The maximum absolute atomic E-state index is 12.5. The Kier molecular flexibility index (Phi) is 5.26. The summed E-state index contributed by atoms with van der Waals surface area (Å²) >= 11 is 18.6. The molecule has 8 heteroatoms. The van der Waals surface area contributed by atoms with Gasteiger partial charge in [-0.2, -0.15) is 0 Å². The van der Waals surface area contributed by atoms with Crippen LogP contribution in [0.4, 0.5) is 5.69 Å². The van der Waals surface area contributed by atoms with Crippen LogP contribution in [0.5, 0.6) is 0 Å². The minimum Gasteiger partial charge on any atom is -0.277 e. The van der Waals surface area contributed by atoms with Gasteiger partial charge in [-0.15, -0.1) is 0 Å². The van der Waals surface area contributed by atoms with Crippen LogP contribution in [0, 0.1) is 6.92 Å². The number of rotatable bonds is 3. The Hall–Kier alpha value is -0.270. The number of aryl methyl sites for hydroxylation is 1. The van der Waals surface area contributed by atoms with E-state index in [2.05, 4.69) is 36.6 Å². The van der Waals surface area contributed by atoms with E-state index in [0.29, 0.717) is 8.95 Å². The van der Waals surface area contributed by atoms with Gasteiger partial charge in [0, 0.05) is 8.95 Å². The molecule has 0 aliphatic heterocycles. The summed E-state index contributed by atoms with van der Waals surface area (Å²) in [5, 5.41) is 0.460. The van der Waals surface area contributed by atoms with E-state index < -0.39 is 10.0 Å². The number of halogens is 4. The van der Waals surface area contributed by atoms with Crippen molar-refractivity contribution in [2.45, 2.75) is 11.8 Å². The topological polar surface area (TPSA) is 46.2 Å². The van der Waals surface area contributed by atoms with E-state index in [1.807, 2.05) is 6.92 Å². The van der Waals surface area contributed by atoms with Crippen LogP contribution in [0.15, 0.2) is 44.2 Å². The van der Waals surface area contributed by atoms with Crippen LogP contribution in [-0.4, -0.2) is 8.42 Å². The Morgan fingerprint density at radius 3 is 2.19 bits per heavy atom. The van der Waals surface area contributed by atoms with Gasteiger partial charge in [-0.05, 0) is 52.7 Å². The van der Waals surface area contributed by atoms with Crippen molar-refractivity contribution < 1.29 is 8.42 Å². The molecular formula is C13H9Br2Cl2NO2S. The van der Waals surface area contributed by atoms with E-state index in [1.54, 1.807) is 24.3 Å². The van der Waals surface area contributed by atoms with Crippen LogP contribution in [0.1, 0.15) is 5.56 Å². The second-order valence-corrected chi connectivity index (χ2v) is 8.41. The predicted octanol–water partition coefficient (Wildman–Crippen LogP) is 5.63. The summed E-state index contributed by atoms with van der Waals surface area (Å²) in [7, 11) is -3.82. The van der Waals surface area contributed by atoms with E-state index in [1.165, 1.54) is 6.07 Å². The van der Waals surface area contributed by atoms with E-state index in [-0.39, 0.29) is 20.6 Å². The first kappa shape index (κ1) is 17.1. The van der Waals surface area contributed by atoms with E-state index in [0.717, 1.165) is 5.56 Å². The summed E-state index contributed by atoms with van der Waals surface area (Å²) in [6.07, 6.45) is 0. The molecule has 0 aliphatic carbocycles. The molecule has 2 aromatic carbocycles. The third-order valence-corrected chi connectivity index (χ3v) is 6.49. The summed E-state index contributed by atoms with van der Waals surface area (Å²) in [6.45, 7) is 1.86. The number of nitrogens with one attached hydrogen (secondary N) is 1. The normalized spacial score (nSPS) is 11.5. The first-order chi connectivity index (χ1) is 9.72. The van der Waals surface area contributed by atoms with E-state index in [4.69, 9.17) is 23.2 Å². The van der Waals surface area contributed by atoms with Gasteiger partial charge in [-0.1, -0.05) is 45.2 Å². The van der Waals surface area contributed by atoms with Crippen LogP contribution in [0.25, 0.3) is 0 Å². The molecule has 0 saturated heterocycles. The fourth-order valence-electron chi connectivity index (χ4n) is 1.62. The quantitative estimate of drug-likeness (QED) is 0.628. The SMILES string of the molecule is Cc1cc(Br)c(S(=O)(=O)Nc2c(Cl)cccc2Cl)cc1Br. The molecule has 1 N–H and O–H groups in total. The van der Waals surface area contributed by atoms with Crippen molar-refractivity contribution in [2.75, 3.05) is 4.72 Å². The Morgan fingerprint density at radius 1 is 1.05 bits per heavy atom. The van der Waals surface area contributed by atoms with Gasteiger partial charge in [0.2, 0.25) is 0 Å². The van der Waals surface area contributed by atoms with Gasteiger partial charge >= 0.3 is 0 Å². The number of anilines is 1. The summed E-state index contributed by atoms with van der Waals surface area (Å²) in [6, 6.07) is 8.00. The molecule has 0 spiro atoms. The third kappa shape index (κ3) is 3.74. The molecule has 3 nitrogen and oxygen atoms in total. The lowest BCUT2D eigenvalue weighted by molar-refractivity contribution is 0.600. The highest BCUT2D eigenvalue weighted by Crippen LogP contribution is 2.34. The highest BCUT2D eigenvalue weighted by molar-refractivity contribution is 9.11. The monoisotopic (exact) mass is 471 g/mol. The first-order valence-corrected chi connectivity index (χ1v) is 9.47. The van der Waals surface area contributed by atoms with Crippen molar-refractivity contribution in [3.05, 3.63) is 54.9 Å². The Balaban J connectivity index is 2.51. The predicted molar refractivity (Wildman–Crippen MR) is 93.8 cm³/mol. The Morgan fingerprint density at radius 2 is 1.62 bits per heavy atom. The van der Waals surface area contributed by atoms with Gasteiger partial charge in [0.1, 0.15) is 4.90 Å². The molecule has 0 saturated carbocycles. The fraction of sp³-hybridized carbons (Fsp3) is 0.0769. The van der Waals surface area contributed by atoms with Crippen molar-refractivity contribution in [3.63, 3.8) is 0 Å². The third-order valence-electron chi connectivity index (χ3n) is 2.70. The van der Waals surface area contributed by atoms with Crippen LogP contribution >= 0.6 is 55.1 Å². The second-order valence-electron chi connectivity index (χ2n) is 4.23. The molecule has 0 amide bonds. The lowest BCUT2D eigenvalue weighted by atomic mass is 10.2. The van der Waals surface area contributed by atoms with E-state index in [9.17, 15) is 8.42 Å². The van der Waals surface area contributed by atoms with Gasteiger partial charge in [0.05, 0.1) is 15.7 Å². The van der Waals surface area contributed by atoms with Gasteiger partial charge in [0.25, 0.3) is 10.0 Å². The summed E-state index contributed by atoms with van der Waals surface area (Å²) in [5.74, 6) is 0. The molecule has 0 bridgehead atoms. The second kappa shape index (κ2) is 6.46. The molecule has 0 atom stereocenters. The van der Waals surface area contributed by atoms with E-state index >= 15 is 0 Å². The molecule has 0 aromatic heterocycles. The van der Waals surface area contributed by atoms with Gasteiger partial charge < -0.3 is 0 Å². The molecule has 0 aliphatic rings. The van der Waals surface area contributed by atoms with Crippen molar-refractivity contribution in [1.82, 2.24) is 0 Å². The van der Waals surface area contributed by atoms with Crippen molar-refractivity contribution >= 4 is 70.8 Å². The lowest BCUT2D eigenvalue weighted by Crippen LogP contribution is -2.14. The highest BCUT2D eigenvalue weighted by atomic mass is 79.9. The molecule has 21 heavy (non-hydrogen) atoms. The highest BCUT2D eigenvalue weighted by Gasteiger charge is 2.21. The maximum atomic E-state index is 12.5. The average Bonchev–Trinajstić information content (AvgIpc) is 2.38. The number of hydrogen-bond donors (Lipinski definition) is 1. The van der Waals surface area contributed by atoms with Crippen molar-refractivity contribution in [3.8, 4) is 0 Å². The molecule has 112 valence electrons. The molecule has 0 unspecified atom stereocenters. The Bertz CT molecular complexity index is 790. The smallest absolute Gasteiger partial charge is 0.263 e. The standard InChI is InChI=1S/C13H9Br2Cl2NO2S/c1-7-5-9(15)12(6-8(7)14)21(19,20)18-13-10(16)3-2-4-11(13)17/h2-6,18H,1H3.